The number of carbonyl (C=O) groups is 3. The Bertz CT molecular complexity index is 1120. The van der Waals surface area contributed by atoms with Crippen molar-refractivity contribution in [3.8, 4) is 0 Å². The standard InChI is InChI=1S/C59H102O7/c1-4-7-10-13-16-19-22-25-28-31-34-37-40-43-46-49-56(61)64-53-59(52-60,54-65-57(62)50-47-44-41-38-35-32-29-26-23-20-17-14-11-8-5-2)55-66-58(63)51-48-45-42-39-36-33-30-27-24-21-18-15-12-9-6-3/h16-21,25-30,60H,4-15,22-24,31-55H2,1-3H3/b19-16-,20-17-,21-18-,28-25-,29-26-,30-27-. The van der Waals surface area contributed by atoms with Gasteiger partial charge in [0.1, 0.15) is 19.8 Å². The van der Waals surface area contributed by atoms with E-state index >= 15 is 0 Å². The highest BCUT2D eigenvalue weighted by atomic mass is 16.6. The van der Waals surface area contributed by atoms with Gasteiger partial charge in [0.25, 0.3) is 0 Å². The summed E-state index contributed by atoms with van der Waals surface area (Å²) in [6, 6.07) is 0. The number of aliphatic hydroxyl groups is 1. The quantitative estimate of drug-likeness (QED) is 0.0281. The molecule has 0 unspecified atom stereocenters. The first-order valence-corrected chi connectivity index (χ1v) is 27.4. The molecule has 0 saturated carbocycles. The number of esters is 3. The number of allylic oxidation sites excluding steroid dienone is 12. The molecular formula is C59H102O7. The summed E-state index contributed by atoms with van der Waals surface area (Å²) in [5.41, 5.74) is -1.21. The zero-order chi connectivity index (χ0) is 48.1. The predicted molar refractivity (Wildman–Crippen MR) is 280 cm³/mol. The average Bonchev–Trinajstić information content (AvgIpc) is 3.32. The molecule has 0 spiro atoms. The summed E-state index contributed by atoms with van der Waals surface area (Å²) in [4.78, 5) is 38.4. The van der Waals surface area contributed by atoms with E-state index in [1.54, 1.807) is 0 Å². The minimum atomic E-state index is -1.21. The molecule has 380 valence electrons. The van der Waals surface area contributed by atoms with E-state index in [4.69, 9.17) is 14.2 Å². The topological polar surface area (TPSA) is 99.1 Å². The molecule has 0 aliphatic carbocycles. The Kier molecular flexibility index (Phi) is 48.7. The van der Waals surface area contributed by atoms with E-state index in [1.807, 2.05) is 0 Å². The van der Waals surface area contributed by atoms with Gasteiger partial charge in [0.05, 0.1) is 12.0 Å². The Hall–Kier alpha value is -3.19. The van der Waals surface area contributed by atoms with E-state index in [9.17, 15) is 19.5 Å². The number of hydrogen-bond acceptors (Lipinski definition) is 7. The first-order chi connectivity index (χ1) is 32.4. The second-order valence-electron chi connectivity index (χ2n) is 18.6. The molecule has 0 saturated heterocycles. The first kappa shape index (κ1) is 62.8. The predicted octanol–water partition coefficient (Wildman–Crippen LogP) is 17.0. The van der Waals surface area contributed by atoms with Crippen LogP contribution in [-0.4, -0.2) is 49.4 Å². The van der Waals surface area contributed by atoms with Gasteiger partial charge in [-0.25, -0.2) is 0 Å². The van der Waals surface area contributed by atoms with Crippen LogP contribution in [0.3, 0.4) is 0 Å². The summed E-state index contributed by atoms with van der Waals surface area (Å²) >= 11 is 0. The third-order valence-corrected chi connectivity index (χ3v) is 11.9. The molecule has 66 heavy (non-hydrogen) atoms. The van der Waals surface area contributed by atoms with Crippen LogP contribution in [0.5, 0.6) is 0 Å². The van der Waals surface area contributed by atoms with Gasteiger partial charge < -0.3 is 19.3 Å². The van der Waals surface area contributed by atoms with Gasteiger partial charge in [0.15, 0.2) is 0 Å². The lowest BCUT2D eigenvalue weighted by Gasteiger charge is -2.30. The lowest BCUT2D eigenvalue weighted by atomic mass is 9.92. The molecule has 0 aromatic heterocycles. The van der Waals surface area contributed by atoms with E-state index in [1.165, 1.54) is 77.0 Å². The van der Waals surface area contributed by atoms with Crippen LogP contribution >= 0.6 is 0 Å². The Morgan fingerprint density at radius 2 is 0.561 bits per heavy atom. The molecule has 7 nitrogen and oxygen atoms in total. The minimum absolute atomic E-state index is 0.184. The Morgan fingerprint density at radius 3 is 0.803 bits per heavy atom. The highest BCUT2D eigenvalue weighted by Gasteiger charge is 2.35. The van der Waals surface area contributed by atoms with Crippen molar-refractivity contribution in [3.63, 3.8) is 0 Å². The normalized spacial score (nSPS) is 12.4. The summed E-state index contributed by atoms with van der Waals surface area (Å²) in [7, 11) is 0. The van der Waals surface area contributed by atoms with E-state index in [0.29, 0.717) is 0 Å². The number of rotatable bonds is 49. The van der Waals surface area contributed by atoms with Crippen molar-refractivity contribution >= 4 is 17.9 Å². The molecule has 0 radical (unpaired) electrons. The number of unbranched alkanes of at least 4 members (excludes halogenated alkanes) is 24. The molecule has 0 fully saturated rings. The maximum Gasteiger partial charge on any atom is 0.305 e. The van der Waals surface area contributed by atoms with Crippen molar-refractivity contribution in [1.82, 2.24) is 0 Å². The zero-order valence-electron chi connectivity index (χ0n) is 43.1. The van der Waals surface area contributed by atoms with Gasteiger partial charge in [-0.05, 0) is 116 Å². The molecule has 0 bridgehead atoms. The third-order valence-electron chi connectivity index (χ3n) is 11.9. The monoisotopic (exact) mass is 923 g/mol. The second-order valence-corrected chi connectivity index (χ2v) is 18.6. The van der Waals surface area contributed by atoms with Crippen molar-refractivity contribution in [2.45, 2.75) is 252 Å². The van der Waals surface area contributed by atoms with Crippen LogP contribution < -0.4 is 0 Å². The Balaban J connectivity index is 4.69. The van der Waals surface area contributed by atoms with Gasteiger partial charge in [-0.3, -0.25) is 14.4 Å². The van der Waals surface area contributed by atoms with Crippen LogP contribution in [0.4, 0.5) is 0 Å². The smallest absolute Gasteiger partial charge is 0.305 e. The van der Waals surface area contributed by atoms with Gasteiger partial charge in [-0.2, -0.15) is 0 Å². The summed E-state index contributed by atoms with van der Waals surface area (Å²) < 4.78 is 17.0. The fourth-order valence-corrected chi connectivity index (χ4v) is 7.42. The summed E-state index contributed by atoms with van der Waals surface area (Å²) in [6.07, 6.45) is 64.4. The molecule has 0 aromatic carbocycles. The molecule has 0 aliphatic rings. The van der Waals surface area contributed by atoms with E-state index in [-0.39, 0.29) is 57.0 Å². The first-order valence-electron chi connectivity index (χ1n) is 27.4. The number of aliphatic hydroxyl groups excluding tert-OH is 1. The highest BCUT2D eigenvalue weighted by Crippen LogP contribution is 2.22. The molecule has 1 N–H and O–H groups in total. The van der Waals surface area contributed by atoms with Crippen molar-refractivity contribution in [1.29, 1.82) is 0 Å². The third kappa shape index (κ3) is 45.9. The van der Waals surface area contributed by atoms with Crippen LogP contribution in [0.2, 0.25) is 0 Å². The van der Waals surface area contributed by atoms with E-state index in [2.05, 4.69) is 93.7 Å². The van der Waals surface area contributed by atoms with Gasteiger partial charge in [0, 0.05) is 19.3 Å². The highest BCUT2D eigenvalue weighted by molar-refractivity contribution is 5.70. The second kappa shape index (κ2) is 51.2. The van der Waals surface area contributed by atoms with Crippen LogP contribution in [-0.2, 0) is 28.6 Å². The minimum Gasteiger partial charge on any atom is -0.465 e. The molecule has 0 rings (SSSR count). The van der Waals surface area contributed by atoms with Crippen molar-refractivity contribution in [2.75, 3.05) is 26.4 Å². The van der Waals surface area contributed by atoms with Crippen LogP contribution in [0.25, 0.3) is 0 Å². The largest absolute Gasteiger partial charge is 0.465 e. The molecule has 0 amide bonds. The molecule has 0 aliphatic heterocycles. The van der Waals surface area contributed by atoms with Crippen LogP contribution in [0.15, 0.2) is 72.9 Å². The van der Waals surface area contributed by atoms with Crippen LogP contribution in [0.1, 0.15) is 252 Å². The van der Waals surface area contributed by atoms with E-state index < -0.39 is 12.0 Å². The Labute approximate surface area is 406 Å². The van der Waals surface area contributed by atoms with Crippen molar-refractivity contribution in [3.05, 3.63) is 72.9 Å². The maximum absolute atomic E-state index is 12.8. The van der Waals surface area contributed by atoms with Gasteiger partial charge in [0.2, 0.25) is 0 Å². The fraction of sp³-hybridized carbons (Fsp3) is 0.746. The average molecular weight is 923 g/mol. The lowest BCUT2D eigenvalue weighted by molar-refractivity contribution is -0.165. The van der Waals surface area contributed by atoms with Crippen molar-refractivity contribution < 1.29 is 33.7 Å². The van der Waals surface area contributed by atoms with E-state index in [0.717, 1.165) is 135 Å². The van der Waals surface area contributed by atoms with Crippen molar-refractivity contribution in [2.24, 2.45) is 5.41 Å². The molecule has 7 heteroatoms. The molecule has 0 aromatic rings. The number of carbonyl (C=O) groups excluding carboxylic acids is 3. The lowest BCUT2D eigenvalue weighted by Crippen LogP contribution is -2.42. The SMILES string of the molecule is CCCCC/C=C\C/C=C\CCCCCCCC(=O)OCC(CO)(COC(=O)CCCCCCC/C=C\C/C=C\CCCCC)COC(=O)CCCCCCC/C=C\C/C=C\CCCCC. The Morgan fingerprint density at radius 1 is 0.333 bits per heavy atom. The molecule has 0 atom stereocenters. The zero-order valence-corrected chi connectivity index (χ0v) is 43.1. The number of hydrogen-bond donors (Lipinski definition) is 1. The summed E-state index contributed by atoms with van der Waals surface area (Å²) in [5.74, 6) is -1.07. The van der Waals surface area contributed by atoms with Gasteiger partial charge in [-0.15, -0.1) is 0 Å². The van der Waals surface area contributed by atoms with Crippen LogP contribution in [0, 0.1) is 5.41 Å². The molecular weight excluding hydrogens is 821 g/mol. The maximum atomic E-state index is 12.8. The van der Waals surface area contributed by atoms with Gasteiger partial charge >= 0.3 is 17.9 Å². The number of ether oxygens (including phenoxy) is 3. The summed E-state index contributed by atoms with van der Waals surface area (Å²) in [6.45, 7) is 5.70. The van der Waals surface area contributed by atoms with Gasteiger partial charge in [-0.1, -0.05) is 190 Å². The summed E-state index contributed by atoms with van der Waals surface area (Å²) in [5, 5.41) is 10.6. The molecule has 0 heterocycles. The fourth-order valence-electron chi connectivity index (χ4n) is 7.42.